The third-order valence-electron chi connectivity index (χ3n) is 4.33. The normalized spacial score (nSPS) is 23.3. The fraction of sp³-hybridized carbons (Fsp3) is 1.00. The van der Waals surface area contributed by atoms with Crippen molar-refractivity contribution in [1.29, 1.82) is 0 Å². The van der Waals surface area contributed by atoms with Crippen molar-refractivity contribution in [3.8, 4) is 0 Å². The third kappa shape index (κ3) is 4.15. The Labute approximate surface area is 112 Å². The monoisotopic (exact) mass is 258 g/mol. The summed E-state index contributed by atoms with van der Waals surface area (Å²) in [4.78, 5) is 2.74. The van der Waals surface area contributed by atoms with Gasteiger partial charge in [-0.2, -0.15) is 11.8 Å². The first-order valence-corrected chi connectivity index (χ1v) is 8.58. The number of rotatable bonds is 6. The number of thioether (sulfide) groups is 1. The molecule has 0 aliphatic carbocycles. The van der Waals surface area contributed by atoms with Gasteiger partial charge in [0.1, 0.15) is 0 Å². The summed E-state index contributed by atoms with van der Waals surface area (Å²) < 4.78 is 0. The fourth-order valence-electron chi connectivity index (χ4n) is 2.87. The molecular formula is C14H30N2S. The summed E-state index contributed by atoms with van der Waals surface area (Å²) in [5, 5.41) is 3.80. The summed E-state index contributed by atoms with van der Waals surface area (Å²) in [5.74, 6) is 1.28. The average molecular weight is 258 g/mol. The first-order valence-electron chi connectivity index (χ1n) is 7.19. The van der Waals surface area contributed by atoms with Gasteiger partial charge in [-0.15, -0.1) is 0 Å². The van der Waals surface area contributed by atoms with Crippen molar-refractivity contribution in [2.24, 2.45) is 0 Å². The molecule has 0 aromatic rings. The number of nitrogens with zero attached hydrogens (tertiary/aromatic N) is 1. The second kappa shape index (κ2) is 7.65. The molecule has 0 radical (unpaired) electrons. The Morgan fingerprint density at radius 3 is 2.53 bits per heavy atom. The van der Waals surface area contributed by atoms with E-state index in [0.717, 1.165) is 6.04 Å². The van der Waals surface area contributed by atoms with E-state index in [2.05, 4.69) is 37.2 Å². The van der Waals surface area contributed by atoms with Crippen LogP contribution >= 0.6 is 11.8 Å². The van der Waals surface area contributed by atoms with E-state index in [-0.39, 0.29) is 0 Å². The van der Waals surface area contributed by atoms with Crippen LogP contribution in [-0.4, -0.2) is 48.1 Å². The van der Waals surface area contributed by atoms with Gasteiger partial charge in [-0.05, 0) is 45.0 Å². The summed E-state index contributed by atoms with van der Waals surface area (Å²) in [6, 6.07) is 0.766. The minimum Gasteiger partial charge on any atom is -0.310 e. The zero-order chi connectivity index (χ0) is 12.7. The first-order chi connectivity index (χ1) is 8.21. The van der Waals surface area contributed by atoms with Gasteiger partial charge in [0, 0.05) is 23.9 Å². The van der Waals surface area contributed by atoms with Crippen molar-refractivity contribution in [1.82, 2.24) is 10.2 Å². The minimum absolute atomic E-state index is 0.363. The van der Waals surface area contributed by atoms with Gasteiger partial charge in [0.05, 0.1) is 0 Å². The minimum atomic E-state index is 0.363. The smallest absolute Gasteiger partial charge is 0.0303 e. The molecule has 1 N–H and O–H groups in total. The maximum atomic E-state index is 3.80. The molecule has 1 atom stereocenters. The lowest BCUT2D eigenvalue weighted by Gasteiger charge is -2.38. The summed E-state index contributed by atoms with van der Waals surface area (Å²) in [5.41, 5.74) is 0.363. The van der Waals surface area contributed by atoms with Crippen LogP contribution in [0.5, 0.6) is 0 Å². The first kappa shape index (κ1) is 15.3. The predicted molar refractivity (Wildman–Crippen MR) is 80.0 cm³/mol. The van der Waals surface area contributed by atoms with Crippen LogP contribution in [0.2, 0.25) is 0 Å². The predicted octanol–water partition coefficient (Wildman–Crippen LogP) is 2.98. The van der Waals surface area contributed by atoms with Crippen molar-refractivity contribution in [2.45, 2.75) is 58.0 Å². The lowest BCUT2D eigenvalue weighted by molar-refractivity contribution is 0.156. The van der Waals surface area contributed by atoms with Gasteiger partial charge < -0.3 is 5.32 Å². The molecule has 0 spiro atoms. The van der Waals surface area contributed by atoms with Gasteiger partial charge in [-0.1, -0.05) is 20.8 Å². The highest BCUT2D eigenvalue weighted by molar-refractivity contribution is 7.98. The topological polar surface area (TPSA) is 15.3 Å². The van der Waals surface area contributed by atoms with Gasteiger partial charge in [-0.25, -0.2) is 0 Å². The molecule has 3 heteroatoms. The average Bonchev–Trinajstić information content (AvgIpc) is 2.59. The van der Waals surface area contributed by atoms with Crippen LogP contribution in [0.3, 0.4) is 0 Å². The second-order valence-corrected chi connectivity index (χ2v) is 6.17. The Bertz CT molecular complexity index is 204. The molecule has 1 fully saturated rings. The van der Waals surface area contributed by atoms with Crippen LogP contribution in [0.4, 0.5) is 0 Å². The van der Waals surface area contributed by atoms with Crippen molar-refractivity contribution >= 4 is 11.8 Å². The summed E-state index contributed by atoms with van der Waals surface area (Å²) in [6.07, 6.45) is 7.30. The van der Waals surface area contributed by atoms with Crippen molar-refractivity contribution in [2.75, 3.05) is 31.6 Å². The van der Waals surface area contributed by atoms with Crippen LogP contribution in [0.1, 0.15) is 46.5 Å². The molecule has 1 aliphatic rings. The third-order valence-corrected chi connectivity index (χ3v) is 5.05. The zero-order valence-corrected chi connectivity index (χ0v) is 12.9. The van der Waals surface area contributed by atoms with E-state index in [4.69, 9.17) is 0 Å². The van der Waals surface area contributed by atoms with Gasteiger partial charge >= 0.3 is 0 Å². The molecule has 1 rings (SSSR count). The van der Waals surface area contributed by atoms with Gasteiger partial charge in [0.2, 0.25) is 0 Å². The molecular weight excluding hydrogens is 228 g/mol. The highest BCUT2D eigenvalue weighted by Gasteiger charge is 2.32. The fourth-order valence-corrected chi connectivity index (χ4v) is 3.70. The molecule has 0 aromatic heterocycles. The quantitative estimate of drug-likeness (QED) is 0.788. The van der Waals surface area contributed by atoms with Crippen LogP contribution in [-0.2, 0) is 0 Å². The molecule has 1 unspecified atom stereocenters. The Morgan fingerprint density at radius 1 is 1.29 bits per heavy atom. The maximum absolute atomic E-state index is 3.80. The van der Waals surface area contributed by atoms with Gasteiger partial charge in [0.25, 0.3) is 0 Å². The number of hydrogen-bond donors (Lipinski definition) is 1. The largest absolute Gasteiger partial charge is 0.310 e. The van der Waals surface area contributed by atoms with E-state index in [9.17, 15) is 0 Å². The molecule has 2 nitrogen and oxygen atoms in total. The molecule has 0 amide bonds. The maximum Gasteiger partial charge on any atom is 0.0303 e. The molecule has 1 aliphatic heterocycles. The van der Waals surface area contributed by atoms with Crippen molar-refractivity contribution in [3.05, 3.63) is 0 Å². The lowest BCUT2D eigenvalue weighted by Crippen LogP contribution is -2.53. The van der Waals surface area contributed by atoms with E-state index in [1.807, 2.05) is 11.8 Å². The molecule has 0 saturated carbocycles. The molecule has 102 valence electrons. The highest BCUT2D eigenvalue weighted by Crippen LogP contribution is 2.23. The molecule has 0 bridgehead atoms. The second-order valence-electron chi connectivity index (χ2n) is 5.26. The van der Waals surface area contributed by atoms with Crippen LogP contribution < -0.4 is 5.32 Å². The molecule has 1 heterocycles. The van der Waals surface area contributed by atoms with Gasteiger partial charge in [0.15, 0.2) is 0 Å². The van der Waals surface area contributed by atoms with E-state index in [1.165, 1.54) is 51.1 Å². The summed E-state index contributed by atoms with van der Waals surface area (Å²) >= 11 is 1.99. The Balaban J connectivity index is 2.70. The Kier molecular flexibility index (Phi) is 6.90. The number of hydrogen-bond acceptors (Lipinski definition) is 3. The van der Waals surface area contributed by atoms with E-state index >= 15 is 0 Å². The van der Waals surface area contributed by atoms with Gasteiger partial charge in [-0.3, -0.25) is 4.90 Å². The van der Waals surface area contributed by atoms with E-state index < -0.39 is 0 Å². The van der Waals surface area contributed by atoms with E-state index in [1.54, 1.807) is 0 Å². The summed E-state index contributed by atoms with van der Waals surface area (Å²) in [6.45, 7) is 10.7. The van der Waals surface area contributed by atoms with Crippen molar-refractivity contribution in [3.63, 3.8) is 0 Å². The van der Waals surface area contributed by atoms with Crippen LogP contribution in [0, 0.1) is 0 Å². The van der Waals surface area contributed by atoms with Crippen LogP contribution in [0.25, 0.3) is 0 Å². The Hall–Kier alpha value is 0.270. The van der Waals surface area contributed by atoms with Crippen molar-refractivity contribution < 1.29 is 0 Å². The molecule has 1 saturated heterocycles. The van der Waals surface area contributed by atoms with E-state index in [0.29, 0.717) is 5.54 Å². The van der Waals surface area contributed by atoms with Crippen LogP contribution in [0.15, 0.2) is 0 Å². The Morgan fingerprint density at radius 2 is 2.00 bits per heavy atom. The molecule has 17 heavy (non-hydrogen) atoms. The summed E-state index contributed by atoms with van der Waals surface area (Å²) in [7, 11) is 0. The number of nitrogens with one attached hydrogen (secondary N) is 1. The standard InChI is InChI=1S/C14H30N2S/c1-5-13(11-17-4)16-10-8-9-15-14(6-2,7-3)12-16/h13,15H,5-12H2,1-4H3. The molecule has 0 aromatic carbocycles. The SMILES string of the molecule is CCC(CSC)N1CCCNC(CC)(CC)C1. The highest BCUT2D eigenvalue weighted by atomic mass is 32.2. The zero-order valence-electron chi connectivity index (χ0n) is 12.1. The lowest BCUT2D eigenvalue weighted by atomic mass is 9.92.